The summed E-state index contributed by atoms with van der Waals surface area (Å²) in [5, 5.41) is 17.4. The summed E-state index contributed by atoms with van der Waals surface area (Å²) in [5.41, 5.74) is 1.81. The summed E-state index contributed by atoms with van der Waals surface area (Å²) >= 11 is 0. The first kappa shape index (κ1) is 22.6. The van der Waals surface area contributed by atoms with Crippen LogP contribution in [0.15, 0.2) is 77.9 Å². The Labute approximate surface area is 210 Å². The maximum atomic E-state index is 13.9. The first-order chi connectivity index (χ1) is 17.9. The summed E-state index contributed by atoms with van der Waals surface area (Å²) in [4.78, 5) is 53.3. The van der Waals surface area contributed by atoms with Crippen molar-refractivity contribution in [3.8, 4) is 5.75 Å². The van der Waals surface area contributed by atoms with Crippen LogP contribution in [-0.4, -0.2) is 46.9 Å². The molecule has 0 radical (unpaired) electrons. The molecule has 3 aromatic rings. The molecule has 3 heterocycles. The second-order valence-electron chi connectivity index (χ2n) is 9.08. The maximum Gasteiger partial charge on any atom is 0.271 e. The van der Waals surface area contributed by atoms with Crippen molar-refractivity contribution in [1.29, 1.82) is 0 Å². The molecule has 3 aliphatic heterocycles. The quantitative estimate of drug-likeness (QED) is 0.230. The molecule has 3 aliphatic rings. The van der Waals surface area contributed by atoms with Crippen LogP contribution in [0.3, 0.4) is 0 Å². The third-order valence-corrected chi connectivity index (χ3v) is 7.24. The number of hydrogen-bond acceptors (Lipinski definition) is 8. The number of nitrogens with zero attached hydrogens (tertiary/aromatic N) is 4. The zero-order valence-corrected chi connectivity index (χ0v) is 19.6. The third-order valence-electron chi connectivity index (χ3n) is 7.24. The van der Waals surface area contributed by atoms with Crippen LogP contribution in [0.25, 0.3) is 0 Å². The van der Waals surface area contributed by atoms with Gasteiger partial charge in [-0.2, -0.15) is 5.10 Å². The van der Waals surface area contributed by atoms with Crippen LogP contribution in [0.2, 0.25) is 0 Å². The standard InChI is InChI=1S/C27H20N4O6/c1-37-19-11-9-15(10-12-19)25(32)24-22-21(23-20-8-3-2-5-16(20)14-28-30(23)24)26(33)29(27(22)34)17-6-4-7-18(13-17)31(35)36/h2-14,21-24H,1H3/t21-,22-,23-,24+/m1/s1. The van der Waals surface area contributed by atoms with Crippen LogP contribution in [-0.2, 0) is 9.59 Å². The summed E-state index contributed by atoms with van der Waals surface area (Å²) in [6, 6.07) is 17.7. The van der Waals surface area contributed by atoms with Crippen molar-refractivity contribution in [3.05, 3.63) is 99.6 Å². The van der Waals surface area contributed by atoms with Gasteiger partial charge in [0.05, 0.1) is 41.8 Å². The minimum atomic E-state index is -1.03. The molecule has 2 amide bonds. The normalized spacial score (nSPS) is 23.5. The number of imide groups is 1. The van der Waals surface area contributed by atoms with E-state index in [0.29, 0.717) is 11.3 Å². The van der Waals surface area contributed by atoms with Crippen LogP contribution in [0.1, 0.15) is 27.5 Å². The molecule has 6 rings (SSSR count). The van der Waals surface area contributed by atoms with Gasteiger partial charge in [0.15, 0.2) is 5.78 Å². The summed E-state index contributed by atoms with van der Waals surface area (Å²) in [6.45, 7) is 0. The lowest BCUT2D eigenvalue weighted by molar-refractivity contribution is -0.384. The molecule has 0 unspecified atom stereocenters. The summed E-state index contributed by atoms with van der Waals surface area (Å²) < 4.78 is 5.19. The number of hydrogen-bond donors (Lipinski definition) is 0. The Morgan fingerprint density at radius 1 is 0.973 bits per heavy atom. The molecule has 0 spiro atoms. The number of anilines is 1. The van der Waals surface area contributed by atoms with E-state index in [9.17, 15) is 24.5 Å². The number of carbonyl (C=O) groups is 3. The highest BCUT2D eigenvalue weighted by Gasteiger charge is 2.65. The van der Waals surface area contributed by atoms with Gasteiger partial charge in [0.25, 0.3) is 5.69 Å². The SMILES string of the molecule is COc1ccc(C(=O)[C@@H]2[C@@H]3C(=O)N(c4cccc([N+](=O)[O-])c4)C(=O)[C@H]3[C@H]3c4ccccc4C=NN23)cc1. The minimum Gasteiger partial charge on any atom is -0.497 e. The van der Waals surface area contributed by atoms with Crippen molar-refractivity contribution in [1.82, 2.24) is 5.01 Å². The molecular formula is C27H20N4O6. The molecule has 0 bridgehead atoms. The van der Waals surface area contributed by atoms with Crippen LogP contribution in [0.4, 0.5) is 11.4 Å². The number of Topliss-reactive ketones (excluding diaryl/α,β-unsaturated/α-hetero) is 1. The number of nitro benzene ring substituents is 1. The van der Waals surface area contributed by atoms with Crippen molar-refractivity contribution in [2.24, 2.45) is 16.9 Å². The van der Waals surface area contributed by atoms with E-state index in [1.54, 1.807) is 35.5 Å². The Balaban J connectivity index is 1.47. The Morgan fingerprint density at radius 3 is 2.43 bits per heavy atom. The largest absolute Gasteiger partial charge is 0.497 e. The Bertz CT molecular complexity index is 1500. The Kier molecular flexibility index (Phi) is 5.11. The molecule has 0 saturated carbocycles. The predicted octanol–water partition coefficient (Wildman–Crippen LogP) is 3.36. The number of hydrazone groups is 1. The maximum absolute atomic E-state index is 13.9. The number of methoxy groups -OCH3 is 1. The van der Waals surface area contributed by atoms with E-state index < -0.39 is 40.7 Å². The highest BCUT2D eigenvalue weighted by atomic mass is 16.6. The van der Waals surface area contributed by atoms with Gasteiger partial charge in [-0.05, 0) is 41.5 Å². The third kappa shape index (κ3) is 3.33. The van der Waals surface area contributed by atoms with E-state index in [1.807, 2.05) is 24.3 Å². The number of fused-ring (bicyclic) bond motifs is 5. The molecule has 184 valence electrons. The van der Waals surface area contributed by atoms with E-state index in [0.717, 1.165) is 16.0 Å². The second-order valence-corrected chi connectivity index (χ2v) is 9.08. The topological polar surface area (TPSA) is 122 Å². The number of non-ortho nitro benzene ring substituents is 1. The smallest absolute Gasteiger partial charge is 0.271 e. The molecule has 3 aromatic carbocycles. The first-order valence-electron chi connectivity index (χ1n) is 11.6. The second kappa shape index (κ2) is 8.37. The fourth-order valence-electron chi connectivity index (χ4n) is 5.59. The monoisotopic (exact) mass is 496 g/mol. The lowest BCUT2D eigenvalue weighted by Crippen LogP contribution is -2.44. The van der Waals surface area contributed by atoms with Crippen molar-refractivity contribution in [3.63, 3.8) is 0 Å². The average Bonchev–Trinajstić information content (AvgIpc) is 3.40. The lowest BCUT2D eigenvalue weighted by Gasteiger charge is -2.33. The predicted molar refractivity (Wildman–Crippen MR) is 132 cm³/mol. The highest BCUT2D eigenvalue weighted by Crippen LogP contribution is 2.53. The van der Waals surface area contributed by atoms with Crippen LogP contribution in [0, 0.1) is 22.0 Å². The number of ether oxygens (including phenoxy) is 1. The molecule has 4 atom stereocenters. The van der Waals surface area contributed by atoms with E-state index in [2.05, 4.69) is 5.10 Å². The van der Waals surface area contributed by atoms with Gasteiger partial charge in [-0.15, -0.1) is 0 Å². The van der Waals surface area contributed by atoms with Crippen molar-refractivity contribution in [2.45, 2.75) is 12.1 Å². The number of benzene rings is 3. The van der Waals surface area contributed by atoms with Crippen molar-refractivity contribution < 1.29 is 24.0 Å². The summed E-state index contributed by atoms with van der Waals surface area (Å²) in [7, 11) is 1.52. The fraction of sp³-hybridized carbons (Fsp3) is 0.185. The molecule has 2 fully saturated rings. The molecule has 10 heteroatoms. The molecule has 0 aromatic heterocycles. The number of rotatable bonds is 5. The van der Waals surface area contributed by atoms with Gasteiger partial charge in [0, 0.05) is 17.7 Å². The fourth-order valence-corrected chi connectivity index (χ4v) is 5.59. The summed E-state index contributed by atoms with van der Waals surface area (Å²) in [5.74, 6) is -2.77. The number of nitro groups is 1. The van der Waals surface area contributed by atoms with Gasteiger partial charge in [-0.25, -0.2) is 4.90 Å². The van der Waals surface area contributed by atoms with Gasteiger partial charge in [0.1, 0.15) is 11.8 Å². The van der Waals surface area contributed by atoms with Gasteiger partial charge < -0.3 is 4.74 Å². The lowest BCUT2D eigenvalue weighted by atomic mass is 9.83. The Morgan fingerprint density at radius 2 is 1.70 bits per heavy atom. The highest BCUT2D eigenvalue weighted by molar-refractivity contribution is 6.24. The molecule has 10 nitrogen and oxygen atoms in total. The van der Waals surface area contributed by atoms with Gasteiger partial charge in [-0.3, -0.25) is 29.5 Å². The van der Waals surface area contributed by atoms with E-state index in [1.165, 1.54) is 31.4 Å². The zero-order valence-electron chi connectivity index (χ0n) is 19.6. The van der Waals surface area contributed by atoms with Crippen LogP contribution < -0.4 is 9.64 Å². The molecular weight excluding hydrogens is 476 g/mol. The number of amides is 2. The van der Waals surface area contributed by atoms with E-state index in [4.69, 9.17) is 4.74 Å². The average molecular weight is 496 g/mol. The number of ketones is 1. The molecule has 0 N–H and O–H groups in total. The minimum absolute atomic E-state index is 0.105. The molecule has 2 saturated heterocycles. The van der Waals surface area contributed by atoms with Crippen LogP contribution in [0.5, 0.6) is 5.75 Å². The van der Waals surface area contributed by atoms with E-state index in [-0.39, 0.29) is 17.2 Å². The first-order valence-corrected chi connectivity index (χ1v) is 11.6. The van der Waals surface area contributed by atoms with Gasteiger partial charge in [-0.1, -0.05) is 30.3 Å². The van der Waals surface area contributed by atoms with E-state index >= 15 is 0 Å². The van der Waals surface area contributed by atoms with Gasteiger partial charge >= 0.3 is 0 Å². The zero-order chi connectivity index (χ0) is 25.8. The molecule has 37 heavy (non-hydrogen) atoms. The Hall–Kier alpha value is -4.86. The van der Waals surface area contributed by atoms with Gasteiger partial charge in [0.2, 0.25) is 11.8 Å². The summed E-state index contributed by atoms with van der Waals surface area (Å²) in [6.07, 6.45) is 1.63. The van der Waals surface area contributed by atoms with Crippen molar-refractivity contribution in [2.75, 3.05) is 12.0 Å². The van der Waals surface area contributed by atoms with Crippen molar-refractivity contribution >= 4 is 35.2 Å². The van der Waals surface area contributed by atoms with Crippen LogP contribution >= 0.6 is 0 Å². The molecule has 0 aliphatic carbocycles. The number of carbonyl (C=O) groups excluding carboxylic acids is 3.